The molecule has 1 heterocycles. The molecule has 0 aliphatic carbocycles. The Hall–Kier alpha value is -3.03. The van der Waals surface area contributed by atoms with Crippen molar-refractivity contribution in [2.75, 3.05) is 16.2 Å². The molecule has 1 atom stereocenters. The van der Waals surface area contributed by atoms with Crippen molar-refractivity contribution in [2.24, 2.45) is 0 Å². The molecule has 0 saturated heterocycles. The molecule has 6 nitrogen and oxygen atoms in total. The number of nitrogens with one attached hydrogen (secondary N) is 1. The maximum absolute atomic E-state index is 13.4. The zero-order valence-electron chi connectivity index (χ0n) is 17.0. The van der Waals surface area contributed by atoms with Gasteiger partial charge in [-0.1, -0.05) is 35.9 Å². The number of carbonyl (C=O) groups is 1. The van der Waals surface area contributed by atoms with Crippen LogP contribution in [-0.2, 0) is 14.8 Å². The largest absolute Gasteiger partial charge is 0.476 e. The van der Waals surface area contributed by atoms with E-state index in [0.717, 1.165) is 11.1 Å². The minimum Gasteiger partial charge on any atom is -0.476 e. The zero-order chi connectivity index (χ0) is 22.2. The maximum atomic E-state index is 13.4. The van der Waals surface area contributed by atoms with E-state index in [2.05, 4.69) is 5.32 Å². The molecule has 1 N–H and O–H groups in total. The van der Waals surface area contributed by atoms with Gasteiger partial charge in [0.15, 0.2) is 6.10 Å². The van der Waals surface area contributed by atoms with E-state index in [-0.39, 0.29) is 17.2 Å². The Bertz CT molecular complexity index is 1230. The fourth-order valence-corrected chi connectivity index (χ4v) is 5.23. The van der Waals surface area contributed by atoms with Gasteiger partial charge in [0, 0.05) is 10.7 Å². The van der Waals surface area contributed by atoms with Gasteiger partial charge in [0.2, 0.25) is 0 Å². The predicted molar refractivity (Wildman–Crippen MR) is 121 cm³/mol. The van der Waals surface area contributed by atoms with Gasteiger partial charge in [0.1, 0.15) is 5.75 Å². The number of benzene rings is 3. The minimum atomic E-state index is -3.93. The summed E-state index contributed by atoms with van der Waals surface area (Å²) in [6.45, 7) is 3.70. The van der Waals surface area contributed by atoms with Gasteiger partial charge in [0.25, 0.3) is 15.9 Å². The lowest BCUT2D eigenvalue weighted by Crippen LogP contribution is -2.48. The Kier molecular flexibility index (Phi) is 5.64. The summed E-state index contributed by atoms with van der Waals surface area (Å²) in [6.07, 6.45) is -1.03. The highest BCUT2D eigenvalue weighted by atomic mass is 35.5. The Balaban J connectivity index is 1.69. The van der Waals surface area contributed by atoms with E-state index in [1.165, 1.54) is 22.5 Å². The molecule has 0 saturated carbocycles. The van der Waals surface area contributed by atoms with E-state index < -0.39 is 22.0 Å². The van der Waals surface area contributed by atoms with Crippen molar-refractivity contribution in [1.82, 2.24) is 0 Å². The Morgan fingerprint density at radius 1 is 1.03 bits per heavy atom. The quantitative estimate of drug-likeness (QED) is 0.624. The topological polar surface area (TPSA) is 75.7 Å². The summed E-state index contributed by atoms with van der Waals surface area (Å²) in [7, 11) is -3.93. The van der Waals surface area contributed by atoms with Crippen LogP contribution >= 0.6 is 11.6 Å². The van der Waals surface area contributed by atoms with E-state index in [4.69, 9.17) is 16.3 Å². The highest BCUT2D eigenvalue weighted by Crippen LogP contribution is 2.39. The highest BCUT2D eigenvalue weighted by Gasteiger charge is 2.37. The Labute approximate surface area is 186 Å². The third kappa shape index (κ3) is 4.38. The first-order valence-electron chi connectivity index (χ1n) is 9.67. The van der Waals surface area contributed by atoms with Crippen LogP contribution < -0.4 is 14.4 Å². The van der Waals surface area contributed by atoms with Crippen molar-refractivity contribution >= 4 is 38.9 Å². The SMILES string of the molecule is Cc1cc(C)cc(NC(=O)[C@@H]2CN(S(=O)(=O)c3ccccc3)c3cc(Cl)ccc3O2)c1. The van der Waals surface area contributed by atoms with Crippen LogP contribution in [0.2, 0.25) is 5.02 Å². The first-order valence-corrected chi connectivity index (χ1v) is 11.5. The van der Waals surface area contributed by atoms with Crippen LogP contribution in [0.5, 0.6) is 5.75 Å². The predicted octanol–water partition coefficient (Wildman–Crippen LogP) is 4.55. The number of aryl methyl sites for hydroxylation is 2. The molecule has 31 heavy (non-hydrogen) atoms. The van der Waals surface area contributed by atoms with Crippen LogP contribution in [0.1, 0.15) is 11.1 Å². The molecule has 0 aromatic heterocycles. The number of carbonyl (C=O) groups excluding carboxylic acids is 1. The van der Waals surface area contributed by atoms with Gasteiger partial charge in [-0.15, -0.1) is 0 Å². The number of fused-ring (bicyclic) bond motifs is 1. The smallest absolute Gasteiger partial charge is 0.267 e. The molecule has 4 rings (SSSR count). The summed E-state index contributed by atoms with van der Waals surface area (Å²) >= 11 is 6.12. The fraction of sp³-hybridized carbons (Fsp3) is 0.174. The molecular formula is C23H21ClN2O4S. The van der Waals surface area contributed by atoms with Gasteiger partial charge < -0.3 is 10.1 Å². The second-order valence-corrected chi connectivity index (χ2v) is 9.73. The van der Waals surface area contributed by atoms with E-state index in [0.29, 0.717) is 16.4 Å². The third-order valence-corrected chi connectivity index (χ3v) is 6.93. The lowest BCUT2D eigenvalue weighted by atomic mass is 10.1. The lowest BCUT2D eigenvalue weighted by Gasteiger charge is -2.34. The number of amides is 1. The lowest BCUT2D eigenvalue weighted by molar-refractivity contribution is -0.122. The summed E-state index contributed by atoms with van der Waals surface area (Å²) in [4.78, 5) is 13.1. The van der Waals surface area contributed by atoms with Crippen LogP contribution in [0.3, 0.4) is 0 Å². The number of halogens is 1. The molecule has 3 aromatic carbocycles. The minimum absolute atomic E-state index is 0.122. The first kappa shape index (κ1) is 21.2. The fourth-order valence-electron chi connectivity index (χ4n) is 3.58. The Morgan fingerprint density at radius 3 is 2.39 bits per heavy atom. The van der Waals surface area contributed by atoms with Gasteiger partial charge in [0.05, 0.1) is 17.1 Å². The van der Waals surface area contributed by atoms with Crippen molar-refractivity contribution in [1.29, 1.82) is 0 Å². The van der Waals surface area contributed by atoms with Crippen LogP contribution in [-0.4, -0.2) is 27.0 Å². The number of sulfonamides is 1. The molecule has 0 unspecified atom stereocenters. The van der Waals surface area contributed by atoms with Crippen molar-refractivity contribution < 1.29 is 17.9 Å². The average molecular weight is 457 g/mol. The van der Waals surface area contributed by atoms with E-state index >= 15 is 0 Å². The van der Waals surface area contributed by atoms with Gasteiger partial charge in [-0.2, -0.15) is 0 Å². The molecule has 1 aliphatic heterocycles. The average Bonchev–Trinajstić information content (AvgIpc) is 2.72. The highest BCUT2D eigenvalue weighted by molar-refractivity contribution is 7.92. The van der Waals surface area contributed by atoms with Crippen LogP contribution in [0.4, 0.5) is 11.4 Å². The maximum Gasteiger partial charge on any atom is 0.267 e. The molecule has 0 fully saturated rings. The molecule has 0 spiro atoms. The molecule has 0 bridgehead atoms. The van der Waals surface area contributed by atoms with E-state index in [1.54, 1.807) is 30.3 Å². The number of rotatable bonds is 4. The molecule has 3 aromatic rings. The first-order chi connectivity index (χ1) is 14.7. The van der Waals surface area contributed by atoms with Crippen LogP contribution in [0.15, 0.2) is 71.6 Å². The summed E-state index contributed by atoms with van der Waals surface area (Å²) in [6, 6.07) is 18.4. The molecular weight excluding hydrogens is 436 g/mol. The number of hydrogen-bond acceptors (Lipinski definition) is 4. The molecule has 8 heteroatoms. The van der Waals surface area contributed by atoms with Crippen molar-refractivity contribution in [3.8, 4) is 5.75 Å². The Morgan fingerprint density at radius 2 is 1.71 bits per heavy atom. The molecule has 1 aliphatic rings. The molecule has 0 radical (unpaired) electrons. The van der Waals surface area contributed by atoms with Crippen molar-refractivity contribution in [2.45, 2.75) is 24.8 Å². The van der Waals surface area contributed by atoms with Crippen LogP contribution in [0, 0.1) is 13.8 Å². The van der Waals surface area contributed by atoms with Crippen molar-refractivity contribution in [3.05, 3.63) is 82.9 Å². The second kappa shape index (κ2) is 8.24. The summed E-state index contributed by atoms with van der Waals surface area (Å²) in [5.74, 6) is -0.158. The van der Waals surface area contributed by atoms with Gasteiger partial charge in [-0.05, 0) is 67.4 Å². The van der Waals surface area contributed by atoms with Gasteiger partial charge in [-0.25, -0.2) is 8.42 Å². The second-order valence-electron chi connectivity index (χ2n) is 7.43. The number of hydrogen-bond donors (Lipinski definition) is 1. The standard InChI is InChI=1S/C23H21ClN2O4S/c1-15-10-16(2)12-18(11-15)25-23(27)22-14-26(20-13-17(24)8-9-21(20)30-22)31(28,29)19-6-4-3-5-7-19/h3-13,22H,14H2,1-2H3,(H,25,27)/t22-/m0/s1. The number of ether oxygens (including phenoxy) is 1. The van der Waals surface area contributed by atoms with Gasteiger partial charge in [-0.3, -0.25) is 9.10 Å². The van der Waals surface area contributed by atoms with Crippen LogP contribution in [0.25, 0.3) is 0 Å². The van der Waals surface area contributed by atoms with E-state index in [1.807, 2.05) is 32.0 Å². The monoisotopic (exact) mass is 456 g/mol. The van der Waals surface area contributed by atoms with E-state index in [9.17, 15) is 13.2 Å². The number of nitrogens with zero attached hydrogens (tertiary/aromatic N) is 1. The zero-order valence-corrected chi connectivity index (χ0v) is 18.6. The number of anilines is 2. The molecule has 1 amide bonds. The summed E-state index contributed by atoms with van der Waals surface area (Å²) in [5, 5.41) is 3.20. The summed E-state index contributed by atoms with van der Waals surface area (Å²) < 4.78 is 33.8. The van der Waals surface area contributed by atoms with Crippen molar-refractivity contribution in [3.63, 3.8) is 0 Å². The third-order valence-electron chi connectivity index (χ3n) is 4.90. The van der Waals surface area contributed by atoms with Gasteiger partial charge >= 0.3 is 0 Å². The normalized spacial score (nSPS) is 15.7. The summed E-state index contributed by atoms with van der Waals surface area (Å²) in [5.41, 5.74) is 2.94. The molecule has 160 valence electrons.